The number of nitrogens with zero attached hydrogens (tertiary/aromatic N) is 3. The van der Waals surface area contributed by atoms with Crippen LogP contribution in [0.4, 0.5) is 0 Å². The van der Waals surface area contributed by atoms with E-state index in [-0.39, 0.29) is 5.75 Å². The average molecular weight is 238 g/mol. The summed E-state index contributed by atoms with van der Waals surface area (Å²) in [4.78, 5) is 3.92. The zero-order valence-electron chi connectivity index (χ0n) is 7.85. The Kier molecular flexibility index (Phi) is 3.88. The van der Waals surface area contributed by atoms with Gasteiger partial charge in [0, 0.05) is 12.8 Å². The fraction of sp³-hybridized carbons (Fsp3) is 0.714. The summed E-state index contributed by atoms with van der Waals surface area (Å²) in [7, 11) is -2.89. The molecule has 1 heterocycles. The zero-order chi connectivity index (χ0) is 10.6. The van der Waals surface area contributed by atoms with Crippen LogP contribution in [0.2, 0.25) is 0 Å². The predicted molar refractivity (Wildman–Crippen MR) is 53.9 cm³/mol. The van der Waals surface area contributed by atoms with Crippen molar-refractivity contribution in [3.05, 3.63) is 12.2 Å². The van der Waals surface area contributed by atoms with Gasteiger partial charge in [-0.2, -0.15) is 5.10 Å². The molecular weight excluding hydrogens is 226 g/mol. The molecule has 14 heavy (non-hydrogen) atoms. The van der Waals surface area contributed by atoms with Crippen molar-refractivity contribution >= 4 is 21.4 Å². The van der Waals surface area contributed by atoms with Gasteiger partial charge in [-0.3, -0.25) is 0 Å². The van der Waals surface area contributed by atoms with Crippen LogP contribution in [-0.4, -0.2) is 35.2 Å². The first kappa shape index (κ1) is 11.5. The summed E-state index contributed by atoms with van der Waals surface area (Å²) in [6, 6.07) is 0. The zero-order valence-corrected chi connectivity index (χ0v) is 9.42. The van der Waals surface area contributed by atoms with Gasteiger partial charge in [0.1, 0.15) is 22.0 Å². The Morgan fingerprint density at radius 3 is 2.86 bits per heavy atom. The van der Waals surface area contributed by atoms with Gasteiger partial charge in [0.25, 0.3) is 0 Å². The average Bonchev–Trinajstić information content (AvgIpc) is 2.49. The van der Waals surface area contributed by atoms with Crippen molar-refractivity contribution in [1.29, 1.82) is 0 Å². The van der Waals surface area contributed by atoms with E-state index in [9.17, 15) is 8.42 Å². The van der Waals surface area contributed by atoms with Gasteiger partial charge in [-0.15, -0.1) is 11.6 Å². The fourth-order valence-corrected chi connectivity index (χ4v) is 1.92. The van der Waals surface area contributed by atoms with E-state index in [1.807, 2.05) is 0 Å². The van der Waals surface area contributed by atoms with Crippen molar-refractivity contribution in [2.45, 2.75) is 18.8 Å². The fourth-order valence-electron chi connectivity index (χ4n) is 1.05. The second-order valence-electron chi connectivity index (χ2n) is 3.02. The monoisotopic (exact) mass is 237 g/mol. The third-order valence-corrected chi connectivity index (χ3v) is 2.97. The highest BCUT2D eigenvalue weighted by molar-refractivity contribution is 7.90. The van der Waals surface area contributed by atoms with Gasteiger partial charge in [-0.1, -0.05) is 0 Å². The Hall–Kier alpha value is -0.620. The molecule has 0 aromatic carbocycles. The highest BCUT2D eigenvalue weighted by Gasteiger charge is 2.05. The summed E-state index contributed by atoms with van der Waals surface area (Å²) >= 11 is 5.60. The van der Waals surface area contributed by atoms with Crippen LogP contribution in [0.1, 0.15) is 12.2 Å². The highest BCUT2D eigenvalue weighted by atomic mass is 35.5. The van der Waals surface area contributed by atoms with E-state index >= 15 is 0 Å². The molecule has 0 saturated heterocycles. The quantitative estimate of drug-likeness (QED) is 0.698. The molecule has 0 spiro atoms. The molecule has 0 bridgehead atoms. The maximum atomic E-state index is 10.8. The molecular formula is C7H12ClN3O2S. The van der Waals surface area contributed by atoms with Crippen LogP contribution < -0.4 is 0 Å². The van der Waals surface area contributed by atoms with Crippen molar-refractivity contribution in [2.24, 2.45) is 0 Å². The van der Waals surface area contributed by atoms with Crippen LogP contribution in [0, 0.1) is 0 Å². The molecule has 0 atom stereocenters. The van der Waals surface area contributed by atoms with Crippen molar-refractivity contribution in [1.82, 2.24) is 14.8 Å². The van der Waals surface area contributed by atoms with Gasteiger partial charge < -0.3 is 0 Å². The number of sulfone groups is 1. The minimum absolute atomic E-state index is 0.161. The molecule has 7 heteroatoms. The maximum absolute atomic E-state index is 10.8. The molecule has 0 aliphatic heterocycles. The lowest BCUT2D eigenvalue weighted by Gasteiger charge is -2.02. The van der Waals surface area contributed by atoms with Crippen LogP contribution in [-0.2, 0) is 22.3 Å². The normalized spacial score (nSPS) is 11.9. The first-order valence-corrected chi connectivity index (χ1v) is 6.73. The molecule has 0 amide bonds. The Morgan fingerprint density at radius 2 is 2.29 bits per heavy atom. The molecule has 0 N–H and O–H groups in total. The Labute approximate surface area is 88.0 Å². The van der Waals surface area contributed by atoms with Crippen LogP contribution in [0.25, 0.3) is 0 Å². The third-order valence-electron chi connectivity index (χ3n) is 1.70. The lowest BCUT2D eigenvalue weighted by Crippen LogP contribution is -2.10. The standard InChI is InChI=1S/C7H12ClN3O2S/c1-14(12,13)4-2-3-11-7(5-8)9-6-10-11/h6H,2-5H2,1H3. The molecule has 80 valence electrons. The van der Waals surface area contributed by atoms with Gasteiger partial charge in [-0.25, -0.2) is 18.1 Å². The summed E-state index contributed by atoms with van der Waals surface area (Å²) in [6.07, 6.45) is 3.17. The Balaban J connectivity index is 2.46. The van der Waals surface area contributed by atoms with Crippen molar-refractivity contribution in [3.63, 3.8) is 0 Å². The highest BCUT2D eigenvalue weighted by Crippen LogP contribution is 2.00. The van der Waals surface area contributed by atoms with E-state index in [2.05, 4.69) is 10.1 Å². The molecule has 1 aromatic heterocycles. The molecule has 1 rings (SSSR count). The van der Waals surface area contributed by atoms with Gasteiger partial charge in [0.15, 0.2) is 0 Å². The summed E-state index contributed by atoms with van der Waals surface area (Å²) in [5.41, 5.74) is 0. The summed E-state index contributed by atoms with van der Waals surface area (Å²) in [5, 5.41) is 3.93. The second-order valence-corrected chi connectivity index (χ2v) is 5.54. The minimum atomic E-state index is -2.89. The number of aryl methyl sites for hydroxylation is 1. The van der Waals surface area contributed by atoms with E-state index in [0.29, 0.717) is 24.7 Å². The number of rotatable bonds is 5. The number of alkyl halides is 1. The van der Waals surface area contributed by atoms with Crippen LogP contribution in [0.3, 0.4) is 0 Å². The number of hydrogen-bond donors (Lipinski definition) is 0. The smallest absolute Gasteiger partial charge is 0.147 e. The van der Waals surface area contributed by atoms with E-state index in [1.54, 1.807) is 4.68 Å². The van der Waals surface area contributed by atoms with Crippen LogP contribution in [0.15, 0.2) is 6.33 Å². The third kappa shape index (κ3) is 3.63. The lowest BCUT2D eigenvalue weighted by molar-refractivity contribution is 0.565. The first-order chi connectivity index (χ1) is 6.53. The Bertz CT molecular complexity index is 387. The number of halogens is 1. The van der Waals surface area contributed by atoms with E-state index in [1.165, 1.54) is 12.6 Å². The predicted octanol–water partition coefficient (Wildman–Crippen LogP) is 0.452. The molecule has 0 unspecified atom stereocenters. The molecule has 0 radical (unpaired) electrons. The molecule has 1 aromatic rings. The van der Waals surface area contributed by atoms with E-state index < -0.39 is 9.84 Å². The number of hydrogen-bond acceptors (Lipinski definition) is 4. The molecule has 0 aliphatic rings. The van der Waals surface area contributed by atoms with Crippen molar-refractivity contribution in [3.8, 4) is 0 Å². The van der Waals surface area contributed by atoms with Gasteiger partial charge in [0.05, 0.1) is 11.6 Å². The molecule has 0 aliphatic carbocycles. The van der Waals surface area contributed by atoms with Gasteiger partial charge >= 0.3 is 0 Å². The number of aromatic nitrogens is 3. The minimum Gasteiger partial charge on any atom is -0.249 e. The maximum Gasteiger partial charge on any atom is 0.147 e. The van der Waals surface area contributed by atoms with Gasteiger partial charge in [-0.05, 0) is 6.42 Å². The summed E-state index contributed by atoms with van der Waals surface area (Å²) < 4.78 is 23.3. The molecule has 0 saturated carbocycles. The van der Waals surface area contributed by atoms with Crippen LogP contribution >= 0.6 is 11.6 Å². The lowest BCUT2D eigenvalue weighted by atomic mass is 10.5. The molecule has 0 fully saturated rings. The second kappa shape index (κ2) is 4.75. The Morgan fingerprint density at radius 1 is 1.57 bits per heavy atom. The van der Waals surface area contributed by atoms with E-state index in [4.69, 9.17) is 11.6 Å². The first-order valence-electron chi connectivity index (χ1n) is 4.13. The van der Waals surface area contributed by atoms with E-state index in [0.717, 1.165) is 0 Å². The largest absolute Gasteiger partial charge is 0.249 e. The van der Waals surface area contributed by atoms with Crippen molar-refractivity contribution < 1.29 is 8.42 Å². The topological polar surface area (TPSA) is 64.8 Å². The summed E-state index contributed by atoms with van der Waals surface area (Å²) in [6.45, 7) is 0.537. The summed E-state index contributed by atoms with van der Waals surface area (Å²) in [5.74, 6) is 1.12. The van der Waals surface area contributed by atoms with Crippen LogP contribution in [0.5, 0.6) is 0 Å². The van der Waals surface area contributed by atoms with Gasteiger partial charge in [0.2, 0.25) is 0 Å². The molecule has 5 nitrogen and oxygen atoms in total. The SMILES string of the molecule is CS(=O)(=O)CCCn1ncnc1CCl. The van der Waals surface area contributed by atoms with Crippen molar-refractivity contribution in [2.75, 3.05) is 12.0 Å².